The molecule has 2 unspecified atom stereocenters. The number of amides is 2. The number of nitrogens with two attached hydrogens (primary N) is 1. The Kier molecular flexibility index (Phi) is 8.04. The van der Waals surface area contributed by atoms with Crippen molar-refractivity contribution < 1.29 is 32.0 Å². The van der Waals surface area contributed by atoms with Crippen LogP contribution in [0.15, 0.2) is 29.2 Å². The van der Waals surface area contributed by atoms with Gasteiger partial charge in [-0.1, -0.05) is 17.9 Å². The third kappa shape index (κ3) is 5.35. The minimum Gasteiger partial charge on any atom is -0.497 e. The zero-order valence-corrected chi connectivity index (χ0v) is 19.3. The number of sulfonamides is 1. The Morgan fingerprint density at radius 3 is 2.39 bits per heavy atom. The van der Waals surface area contributed by atoms with E-state index in [4.69, 9.17) is 10.5 Å². The van der Waals surface area contributed by atoms with Crippen LogP contribution in [-0.4, -0.2) is 73.8 Å². The number of piperidine rings is 1. The first-order valence-corrected chi connectivity index (χ1v) is 11.7. The molecule has 1 saturated heterocycles. The highest BCUT2D eigenvalue weighted by atomic mass is 32.2. The number of nitrogens with one attached hydrogen (secondary N) is 1. The van der Waals surface area contributed by atoms with Gasteiger partial charge in [0.2, 0.25) is 12.6 Å². The van der Waals surface area contributed by atoms with Gasteiger partial charge in [-0.15, -0.1) is 0 Å². The fourth-order valence-corrected chi connectivity index (χ4v) is 5.73. The van der Waals surface area contributed by atoms with Crippen LogP contribution in [0.5, 0.6) is 5.75 Å². The van der Waals surface area contributed by atoms with Crippen LogP contribution in [0.1, 0.15) is 33.1 Å². The van der Waals surface area contributed by atoms with Crippen LogP contribution in [0.3, 0.4) is 0 Å². The minimum absolute atomic E-state index is 0.259. The molecule has 2 rings (SSSR count). The van der Waals surface area contributed by atoms with Crippen LogP contribution in [0, 0.1) is 5.92 Å². The predicted molar refractivity (Wildman–Crippen MR) is 113 cm³/mol. The second-order valence-corrected chi connectivity index (χ2v) is 10.3. The van der Waals surface area contributed by atoms with Crippen LogP contribution in [0.2, 0.25) is 0 Å². The number of likely N-dealkylation sites (tertiary alicyclic amines) is 1. The monoisotopic (exact) mass is 457 g/mol. The van der Waals surface area contributed by atoms with E-state index in [2.05, 4.69) is 5.32 Å². The predicted octanol–water partition coefficient (Wildman–Crippen LogP) is 0.658. The maximum atomic E-state index is 13.5. The van der Waals surface area contributed by atoms with Crippen LogP contribution < -0.4 is 15.8 Å². The molecular weight excluding hydrogens is 424 g/mol. The summed E-state index contributed by atoms with van der Waals surface area (Å²) in [4.78, 5) is 26.8. The van der Waals surface area contributed by atoms with Crippen molar-refractivity contribution in [2.75, 3.05) is 27.2 Å². The molecule has 11 heteroatoms. The second kappa shape index (κ2) is 9.94. The highest BCUT2D eigenvalue weighted by Gasteiger charge is 2.55. The van der Waals surface area contributed by atoms with Crippen LogP contribution in [-0.2, 0) is 19.6 Å². The minimum atomic E-state index is -4.60. The lowest BCUT2D eigenvalue weighted by Gasteiger charge is -2.37. The van der Waals surface area contributed by atoms with Crippen LogP contribution >= 0.6 is 0 Å². The normalized spacial score (nSPS) is 20.6. The van der Waals surface area contributed by atoms with E-state index in [1.165, 1.54) is 31.4 Å². The number of hydrogen-bond acceptors (Lipinski definition) is 7. The summed E-state index contributed by atoms with van der Waals surface area (Å²) >= 11 is 0. The van der Waals surface area contributed by atoms with E-state index in [1.54, 1.807) is 13.8 Å². The third-order valence-corrected chi connectivity index (χ3v) is 7.66. The maximum Gasteiger partial charge on any atom is 0.358 e. The molecule has 0 aromatic heterocycles. The number of ether oxygens (including phenoxy) is 1. The quantitative estimate of drug-likeness (QED) is 0.366. The lowest BCUT2D eigenvalue weighted by molar-refractivity contribution is -1.01. The number of hydroxylamine groups is 2. The zero-order chi connectivity index (χ0) is 23.4. The number of primary amides is 1. The Labute approximate surface area is 183 Å². The molecule has 1 fully saturated rings. The summed E-state index contributed by atoms with van der Waals surface area (Å²) in [5.41, 5.74) is 5.49. The first-order chi connectivity index (χ1) is 14.4. The van der Waals surface area contributed by atoms with E-state index in [1.807, 2.05) is 11.9 Å². The molecule has 1 aliphatic rings. The molecule has 10 nitrogen and oxygen atoms in total. The maximum absolute atomic E-state index is 13.5. The summed E-state index contributed by atoms with van der Waals surface area (Å²) in [6.07, 6.45) is 2.37. The summed E-state index contributed by atoms with van der Waals surface area (Å²) in [5, 5.41) is 14.2. The van der Waals surface area contributed by atoms with Crippen molar-refractivity contribution >= 4 is 21.8 Å². The van der Waals surface area contributed by atoms with E-state index in [0.29, 0.717) is 12.2 Å². The van der Waals surface area contributed by atoms with E-state index >= 15 is 0 Å². The van der Waals surface area contributed by atoms with Crippen LogP contribution in [0.4, 0.5) is 0 Å². The molecule has 2 amide bonds. The van der Waals surface area contributed by atoms with E-state index in [0.717, 1.165) is 19.4 Å². The summed E-state index contributed by atoms with van der Waals surface area (Å²) in [6, 6.07) is 3.79. The Hall–Kier alpha value is -2.21. The fourth-order valence-electron chi connectivity index (χ4n) is 3.95. The molecule has 3 atom stereocenters. The summed E-state index contributed by atoms with van der Waals surface area (Å²) in [6.45, 7) is 3.05. The number of quaternary nitrogens is 1. The number of hydrogen-bond donors (Lipinski definition) is 3. The molecule has 0 saturated carbocycles. The van der Waals surface area contributed by atoms with Crippen molar-refractivity contribution in [2.45, 2.75) is 50.2 Å². The van der Waals surface area contributed by atoms with E-state index < -0.39 is 44.4 Å². The lowest BCUT2D eigenvalue weighted by Crippen LogP contribution is -2.66. The molecule has 1 aromatic rings. The molecule has 0 spiro atoms. The first kappa shape index (κ1) is 25.1. The van der Waals surface area contributed by atoms with Gasteiger partial charge < -0.3 is 15.8 Å². The van der Waals surface area contributed by atoms with Crippen molar-refractivity contribution in [1.29, 1.82) is 0 Å². The Morgan fingerprint density at radius 1 is 1.29 bits per heavy atom. The van der Waals surface area contributed by atoms with Gasteiger partial charge in [0, 0.05) is 5.92 Å². The number of benzene rings is 1. The molecule has 0 bridgehead atoms. The largest absolute Gasteiger partial charge is 0.497 e. The van der Waals surface area contributed by atoms with Gasteiger partial charge in [0.05, 0.1) is 13.3 Å². The van der Waals surface area contributed by atoms with Gasteiger partial charge in [-0.25, -0.2) is 0 Å². The second-order valence-electron chi connectivity index (χ2n) is 8.22. The third-order valence-electron chi connectivity index (χ3n) is 5.60. The van der Waals surface area contributed by atoms with Gasteiger partial charge in [-0.05, 0) is 57.1 Å². The Bertz CT molecular complexity index is 889. The fraction of sp³-hybridized carbons (Fsp3) is 0.600. The number of methoxy groups -OCH3 is 1. The van der Waals surface area contributed by atoms with E-state index in [-0.39, 0.29) is 11.1 Å². The highest BCUT2D eigenvalue weighted by Crippen LogP contribution is 2.30. The SMILES string of the molecule is COc1ccc(S(=O)(=O)[N+](O)(CC(=O)NC2CCCCN2C)[C@@H](C(N)=O)C(C)C)cc1. The van der Waals surface area contributed by atoms with Crippen molar-refractivity contribution in [3.63, 3.8) is 0 Å². The van der Waals surface area contributed by atoms with E-state index in [9.17, 15) is 23.2 Å². The van der Waals surface area contributed by atoms with Gasteiger partial charge >= 0.3 is 10.0 Å². The van der Waals surface area contributed by atoms with Crippen molar-refractivity contribution in [2.24, 2.45) is 11.7 Å². The molecule has 1 aliphatic heterocycles. The molecule has 0 radical (unpaired) electrons. The van der Waals surface area contributed by atoms with Crippen molar-refractivity contribution in [1.82, 2.24) is 10.2 Å². The summed E-state index contributed by atoms with van der Waals surface area (Å²) in [7, 11) is -1.31. The van der Waals surface area contributed by atoms with Gasteiger partial charge in [-0.2, -0.15) is 13.6 Å². The standard InChI is InChI=1S/C20H32N4O6S/c1-14(2)19(20(21)26)24(27,13-18(25)22-17-7-5-6-12-23(17)3)31(28,29)16-10-8-15(30-4)9-11-16/h8-11,14,17,19,27H,5-7,12-13H2,1-4H3,(H2-,21,22,25,26)/p+1/t17?,19-,24?/m1/s1. The van der Waals surface area contributed by atoms with Gasteiger partial charge in [0.25, 0.3) is 11.8 Å². The molecule has 174 valence electrons. The molecule has 31 heavy (non-hydrogen) atoms. The Morgan fingerprint density at radius 2 is 1.90 bits per heavy atom. The molecule has 1 aromatic carbocycles. The molecule has 1 heterocycles. The average molecular weight is 458 g/mol. The van der Waals surface area contributed by atoms with Crippen molar-refractivity contribution in [3.8, 4) is 5.75 Å². The number of carbonyl (C=O) groups is 2. The lowest BCUT2D eigenvalue weighted by atomic mass is 10.0. The zero-order valence-electron chi connectivity index (χ0n) is 18.4. The Balaban J connectivity index is 2.44. The summed E-state index contributed by atoms with van der Waals surface area (Å²) < 4.78 is 30.2. The highest BCUT2D eigenvalue weighted by molar-refractivity contribution is 7.85. The topological polar surface area (TPSA) is 139 Å². The number of rotatable bonds is 9. The van der Waals surface area contributed by atoms with Crippen LogP contribution in [0.25, 0.3) is 0 Å². The smallest absolute Gasteiger partial charge is 0.358 e. The molecule has 0 aliphatic carbocycles. The molecule has 4 N–H and O–H groups in total. The van der Waals surface area contributed by atoms with Crippen molar-refractivity contribution in [3.05, 3.63) is 24.3 Å². The van der Waals surface area contributed by atoms with Gasteiger partial charge in [-0.3, -0.25) is 14.5 Å². The summed E-state index contributed by atoms with van der Waals surface area (Å²) in [5.74, 6) is -1.94. The average Bonchev–Trinajstić information content (AvgIpc) is 2.69. The first-order valence-electron chi connectivity index (χ1n) is 10.2. The molecular formula is C20H33N4O6S+. The number of carbonyl (C=O) groups excluding carboxylic acids is 2. The van der Waals surface area contributed by atoms with Gasteiger partial charge in [0.15, 0.2) is 0 Å². The van der Waals surface area contributed by atoms with Gasteiger partial charge in [0.1, 0.15) is 10.6 Å². The number of nitrogens with zero attached hydrogens (tertiary/aromatic N) is 2.